The zero-order chi connectivity index (χ0) is 20.1. The summed E-state index contributed by atoms with van der Waals surface area (Å²) in [5.74, 6) is 3.70. The van der Waals surface area contributed by atoms with Crippen LogP contribution in [0, 0.1) is 5.92 Å². The number of aliphatic imine (C=N–C) groups is 1. The Balaban J connectivity index is 1.33. The normalized spacial score (nSPS) is 17.7. The highest BCUT2D eigenvalue weighted by Gasteiger charge is 2.16. The van der Waals surface area contributed by atoms with Gasteiger partial charge in [-0.1, -0.05) is 13.0 Å². The van der Waals surface area contributed by atoms with Crippen molar-refractivity contribution >= 4 is 17.5 Å². The first-order valence-corrected chi connectivity index (χ1v) is 10.3. The summed E-state index contributed by atoms with van der Waals surface area (Å²) in [6, 6.07) is 9.84. The Morgan fingerprint density at radius 2 is 1.97 bits per heavy atom. The van der Waals surface area contributed by atoms with Gasteiger partial charge in [-0.2, -0.15) is 0 Å². The number of hydrogen-bond acceptors (Lipinski definition) is 5. The van der Waals surface area contributed by atoms with Crippen molar-refractivity contribution in [3.63, 3.8) is 0 Å². The molecule has 2 aliphatic rings. The highest BCUT2D eigenvalue weighted by Crippen LogP contribution is 2.32. The first-order chi connectivity index (χ1) is 14.2. The topological polar surface area (TPSA) is 85.0 Å². The fraction of sp³-hybridized carbons (Fsp3) is 0.455. The van der Waals surface area contributed by atoms with Gasteiger partial charge >= 0.3 is 0 Å². The van der Waals surface area contributed by atoms with Crippen LogP contribution in [0.15, 0.2) is 41.5 Å². The van der Waals surface area contributed by atoms with Crippen LogP contribution in [0.4, 0.5) is 11.5 Å². The quantitative estimate of drug-likeness (QED) is 0.610. The summed E-state index contributed by atoms with van der Waals surface area (Å²) in [4.78, 5) is 11.4. The van der Waals surface area contributed by atoms with Gasteiger partial charge in [-0.05, 0) is 42.5 Å². The molecule has 1 saturated heterocycles. The van der Waals surface area contributed by atoms with E-state index in [4.69, 9.17) is 15.2 Å². The Morgan fingerprint density at radius 3 is 2.72 bits per heavy atom. The van der Waals surface area contributed by atoms with E-state index >= 15 is 0 Å². The average Bonchev–Trinajstić information content (AvgIpc) is 2.98. The predicted octanol–water partition coefficient (Wildman–Crippen LogP) is 3.41. The Hall–Kier alpha value is -2.96. The molecule has 0 aliphatic carbocycles. The van der Waals surface area contributed by atoms with Crippen molar-refractivity contribution in [3.05, 3.63) is 42.1 Å². The molecule has 7 nitrogen and oxygen atoms in total. The Kier molecular flexibility index (Phi) is 6.03. The summed E-state index contributed by atoms with van der Waals surface area (Å²) in [6.45, 7) is 6.28. The van der Waals surface area contributed by atoms with Gasteiger partial charge in [-0.25, -0.2) is 9.98 Å². The molecule has 0 amide bonds. The van der Waals surface area contributed by atoms with Gasteiger partial charge in [0.15, 0.2) is 17.5 Å². The molecule has 0 bridgehead atoms. The summed E-state index contributed by atoms with van der Waals surface area (Å²) in [5.41, 5.74) is 7.91. The number of pyridine rings is 1. The van der Waals surface area contributed by atoms with E-state index in [1.807, 2.05) is 24.4 Å². The van der Waals surface area contributed by atoms with Crippen molar-refractivity contribution < 1.29 is 9.47 Å². The van der Waals surface area contributed by atoms with Crippen molar-refractivity contribution in [2.45, 2.75) is 32.7 Å². The number of nitrogens with one attached hydrogen (secondary N) is 1. The molecule has 1 fully saturated rings. The van der Waals surface area contributed by atoms with Gasteiger partial charge in [-0.3, -0.25) is 0 Å². The van der Waals surface area contributed by atoms with E-state index in [0.29, 0.717) is 25.7 Å². The molecule has 0 saturated carbocycles. The molecule has 3 N–H and O–H groups in total. The molecule has 1 aromatic carbocycles. The van der Waals surface area contributed by atoms with E-state index in [1.165, 1.54) is 12.8 Å². The SMILES string of the molecule is CC1CCN(c2ccc(CN=C(N)Nc3ccc4c(c3)OCCCO4)cn2)CC1. The van der Waals surface area contributed by atoms with Gasteiger partial charge < -0.3 is 25.4 Å². The van der Waals surface area contributed by atoms with Crippen LogP contribution in [-0.4, -0.2) is 37.2 Å². The van der Waals surface area contributed by atoms with E-state index in [9.17, 15) is 0 Å². The molecule has 7 heteroatoms. The first-order valence-electron chi connectivity index (χ1n) is 10.3. The summed E-state index contributed by atoms with van der Waals surface area (Å²) in [7, 11) is 0. The molecule has 2 aromatic rings. The number of nitrogens with zero attached hydrogens (tertiary/aromatic N) is 3. The lowest BCUT2D eigenvalue weighted by atomic mass is 9.99. The third-order valence-electron chi connectivity index (χ3n) is 5.37. The average molecular weight is 396 g/mol. The van der Waals surface area contributed by atoms with Crippen molar-refractivity contribution in [1.29, 1.82) is 0 Å². The molecule has 0 radical (unpaired) electrons. The number of aromatic nitrogens is 1. The van der Waals surface area contributed by atoms with E-state index in [-0.39, 0.29) is 0 Å². The van der Waals surface area contributed by atoms with Gasteiger partial charge in [0.2, 0.25) is 0 Å². The highest BCUT2D eigenvalue weighted by atomic mass is 16.5. The van der Waals surface area contributed by atoms with Gasteiger partial charge in [0.05, 0.1) is 19.8 Å². The number of anilines is 2. The number of fused-ring (bicyclic) bond motifs is 1. The molecule has 29 heavy (non-hydrogen) atoms. The molecular formula is C22H29N5O2. The lowest BCUT2D eigenvalue weighted by molar-refractivity contribution is 0.297. The van der Waals surface area contributed by atoms with Gasteiger partial charge in [0.1, 0.15) is 5.82 Å². The molecular weight excluding hydrogens is 366 g/mol. The highest BCUT2D eigenvalue weighted by molar-refractivity contribution is 5.92. The van der Waals surface area contributed by atoms with Crippen LogP contribution < -0.4 is 25.4 Å². The minimum absolute atomic E-state index is 0.355. The molecule has 0 unspecified atom stereocenters. The first kappa shape index (κ1) is 19.4. The monoisotopic (exact) mass is 395 g/mol. The summed E-state index contributed by atoms with van der Waals surface area (Å²) < 4.78 is 11.4. The Morgan fingerprint density at radius 1 is 1.17 bits per heavy atom. The van der Waals surface area contributed by atoms with Crippen LogP contribution in [0.2, 0.25) is 0 Å². The molecule has 2 aliphatic heterocycles. The predicted molar refractivity (Wildman–Crippen MR) is 116 cm³/mol. The van der Waals surface area contributed by atoms with Gasteiger partial charge in [0, 0.05) is 37.5 Å². The Bertz CT molecular complexity index is 845. The third kappa shape index (κ3) is 5.10. The van der Waals surface area contributed by atoms with Crippen molar-refractivity contribution in [2.24, 2.45) is 16.6 Å². The van der Waals surface area contributed by atoms with Gasteiger partial charge in [0.25, 0.3) is 0 Å². The van der Waals surface area contributed by atoms with Crippen LogP contribution in [-0.2, 0) is 6.54 Å². The maximum absolute atomic E-state index is 6.06. The number of rotatable bonds is 4. The number of ether oxygens (including phenoxy) is 2. The minimum Gasteiger partial charge on any atom is -0.490 e. The molecule has 154 valence electrons. The minimum atomic E-state index is 0.355. The van der Waals surface area contributed by atoms with Crippen molar-refractivity contribution in [3.8, 4) is 11.5 Å². The van der Waals surface area contributed by atoms with Crippen LogP contribution in [0.25, 0.3) is 0 Å². The number of guanidine groups is 1. The summed E-state index contributed by atoms with van der Waals surface area (Å²) in [6.07, 6.45) is 5.23. The zero-order valence-corrected chi connectivity index (χ0v) is 16.9. The van der Waals surface area contributed by atoms with Gasteiger partial charge in [-0.15, -0.1) is 0 Å². The molecule has 4 rings (SSSR count). The molecule has 1 aromatic heterocycles. The fourth-order valence-corrected chi connectivity index (χ4v) is 3.54. The van der Waals surface area contributed by atoms with Crippen molar-refractivity contribution in [1.82, 2.24) is 4.98 Å². The summed E-state index contributed by atoms with van der Waals surface area (Å²) >= 11 is 0. The van der Waals surface area contributed by atoms with E-state index in [1.54, 1.807) is 0 Å². The lowest BCUT2D eigenvalue weighted by Crippen LogP contribution is -2.33. The third-order valence-corrected chi connectivity index (χ3v) is 5.37. The number of piperidine rings is 1. The molecule has 0 spiro atoms. The van der Waals surface area contributed by atoms with Crippen LogP contribution >= 0.6 is 0 Å². The maximum Gasteiger partial charge on any atom is 0.193 e. The van der Waals surface area contributed by atoms with Crippen LogP contribution in [0.3, 0.4) is 0 Å². The Labute approximate surface area is 171 Å². The maximum atomic E-state index is 6.06. The smallest absolute Gasteiger partial charge is 0.193 e. The standard InChI is InChI=1S/C22H29N5O2/c1-16-7-9-27(10-8-16)21-6-3-17(14-24-21)15-25-22(23)26-18-4-5-19-20(13-18)29-12-2-11-28-19/h3-6,13-14,16H,2,7-12,15H2,1H3,(H3,23,25,26). The fourth-order valence-electron chi connectivity index (χ4n) is 3.54. The molecule has 0 atom stereocenters. The largest absolute Gasteiger partial charge is 0.490 e. The van der Waals surface area contributed by atoms with Crippen molar-refractivity contribution in [2.75, 3.05) is 36.5 Å². The van der Waals surface area contributed by atoms with E-state index < -0.39 is 0 Å². The second kappa shape index (κ2) is 9.03. The number of nitrogens with two attached hydrogens (primary N) is 1. The van der Waals surface area contributed by atoms with E-state index in [2.05, 4.69) is 39.2 Å². The molecule has 3 heterocycles. The number of benzene rings is 1. The van der Waals surface area contributed by atoms with Crippen LogP contribution in [0.1, 0.15) is 31.7 Å². The van der Waals surface area contributed by atoms with E-state index in [0.717, 1.165) is 54.0 Å². The second-order valence-corrected chi connectivity index (χ2v) is 7.73. The lowest BCUT2D eigenvalue weighted by Gasteiger charge is -2.31. The number of hydrogen-bond donors (Lipinski definition) is 2. The second-order valence-electron chi connectivity index (χ2n) is 7.73. The summed E-state index contributed by atoms with van der Waals surface area (Å²) in [5, 5.41) is 3.11. The van der Waals surface area contributed by atoms with Crippen LogP contribution in [0.5, 0.6) is 11.5 Å². The zero-order valence-electron chi connectivity index (χ0n) is 16.9.